The molecule has 43 heavy (non-hydrogen) atoms. The van der Waals surface area contributed by atoms with Crippen molar-refractivity contribution >= 4 is 45.4 Å². The first-order valence-corrected chi connectivity index (χ1v) is 15.5. The van der Waals surface area contributed by atoms with E-state index in [0.717, 1.165) is 64.0 Å². The quantitative estimate of drug-likeness (QED) is 0.350. The molecule has 4 aliphatic rings. The number of rotatable bonds is 5. The standard InChI is InChI=1S/C30H34ClFN8O3/c1-2-37-7-9-38(10-8-37)14-18-15-42-27-23(19-5-6-22(32)24-26(19)43-29(33)35-24)21(31)11-20-25(27)40(18)30(41)36-28(20)39-12-16-3-4-17(13-39)34-16/h5-6,11,16-18,34H,2-4,7-10,12-15H2,1H3,(H2,33,35)/t16?,17?,18-/m0/s1. The van der Waals surface area contributed by atoms with Gasteiger partial charge in [0.2, 0.25) is 0 Å². The number of nitrogens with two attached hydrogens (primary N) is 1. The summed E-state index contributed by atoms with van der Waals surface area (Å²) in [7, 11) is 0. The summed E-state index contributed by atoms with van der Waals surface area (Å²) >= 11 is 7.06. The molecule has 2 aromatic carbocycles. The van der Waals surface area contributed by atoms with Gasteiger partial charge >= 0.3 is 5.69 Å². The molecule has 3 atom stereocenters. The number of piperazine rings is 2. The molecule has 6 heterocycles. The van der Waals surface area contributed by atoms with Gasteiger partial charge in [0.25, 0.3) is 6.01 Å². The summed E-state index contributed by atoms with van der Waals surface area (Å²) < 4.78 is 28.7. The normalized spacial score (nSPS) is 24.3. The van der Waals surface area contributed by atoms with E-state index < -0.39 is 5.82 Å². The van der Waals surface area contributed by atoms with Crippen LogP contribution in [0, 0.1) is 5.82 Å². The zero-order valence-corrected chi connectivity index (χ0v) is 24.7. The predicted molar refractivity (Wildman–Crippen MR) is 164 cm³/mol. The average Bonchev–Trinajstić information content (AvgIpc) is 3.57. The third-order valence-electron chi connectivity index (χ3n) is 9.56. The number of anilines is 2. The van der Waals surface area contributed by atoms with Gasteiger partial charge in [-0.25, -0.2) is 9.18 Å². The maximum Gasteiger partial charge on any atom is 0.350 e. The number of halogens is 2. The number of oxazole rings is 1. The van der Waals surface area contributed by atoms with Gasteiger partial charge in [-0.2, -0.15) is 9.97 Å². The Kier molecular flexibility index (Phi) is 6.51. The lowest BCUT2D eigenvalue weighted by atomic mass is 9.99. The molecule has 13 heteroatoms. The minimum absolute atomic E-state index is 0.0161. The number of ether oxygens (including phenoxy) is 1. The van der Waals surface area contributed by atoms with Gasteiger partial charge in [0, 0.05) is 74.4 Å². The number of nitrogens with one attached hydrogen (secondary N) is 1. The van der Waals surface area contributed by atoms with E-state index in [9.17, 15) is 9.18 Å². The van der Waals surface area contributed by atoms with Crippen molar-refractivity contribution in [1.82, 2.24) is 29.7 Å². The second-order valence-corrected chi connectivity index (χ2v) is 12.5. The molecule has 3 saturated heterocycles. The van der Waals surface area contributed by atoms with Crippen molar-refractivity contribution in [1.29, 1.82) is 0 Å². The number of benzene rings is 2. The molecule has 2 bridgehead atoms. The highest BCUT2D eigenvalue weighted by atomic mass is 35.5. The molecule has 0 saturated carbocycles. The van der Waals surface area contributed by atoms with Crippen LogP contribution >= 0.6 is 11.6 Å². The number of hydrogen-bond acceptors (Lipinski definition) is 10. The highest BCUT2D eigenvalue weighted by molar-refractivity contribution is 6.35. The van der Waals surface area contributed by atoms with Crippen LogP contribution < -0.4 is 26.4 Å². The first kappa shape index (κ1) is 27.1. The van der Waals surface area contributed by atoms with E-state index in [0.29, 0.717) is 51.9 Å². The molecule has 226 valence electrons. The average molecular weight is 609 g/mol. The van der Waals surface area contributed by atoms with Gasteiger partial charge in [0.1, 0.15) is 17.9 Å². The van der Waals surface area contributed by atoms with E-state index in [-0.39, 0.29) is 35.5 Å². The van der Waals surface area contributed by atoms with Crippen LogP contribution in [-0.4, -0.2) is 95.4 Å². The Labute approximate surface area is 252 Å². The maximum atomic E-state index is 14.7. The lowest BCUT2D eigenvalue weighted by molar-refractivity contribution is 0.106. The Bertz CT molecular complexity index is 1790. The number of fused-ring (bicyclic) bond motifs is 3. The Morgan fingerprint density at radius 2 is 1.86 bits per heavy atom. The van der Waals surface area contributed by atoms with Crippen molar-refractivity contribution in [3.63, 3.8) is 0 Å². The molecule has 0 radical (unpaired) electrons. The summed E-state index contributed by atoms with van der Waals surface area (Å²) in [5.74, 6) is 0.528. The lowest BCUT2D eigenvalue weighted by Crippen LogP contribution is -2.52. The molecular formula is C30H34ClFN8O3. The van der Waals surface area contributed by atoms with E-state index in [1.165, 1.54) is 6.07 Å². The van der Waals surface area contributed by atoms with Gasteiger partial charge in [0.15, 0.2) is 17.1 Å². The Morgan fingerprint density at radius 3 is 2.60 bits per heavy atom. The molecule has 4 aliphatic heterocycles. The second-order valence-electron chi connectivity index (χ2n) is 12.1. The molecule has 8 rings (SSSR count). The molecule has 2 unspecified atom stereocenters. The summed E-state index contributed by atoms with van der Waals surface area (Å²) in [6.45, 7) is 9.52. The lowest BCUT2D eigenvalue weighted by Gasteiger charge is -2.38. The number of nitrogens with zero attached hydrogens (tertiary/aromatic N) is 6. The Morgan fingerprint density at radius 1 is 1.12 bits per heavy atom. The van der Waals surface area contributed by atoms with Gasteiger partial charge in [-0.15, -0.1) is 0 Å². The van der Waals surface area contributed by atoms with Crippen molar-refractivity contribution in [3.05, 3.63) is 39.5 Å². The monoisotopic (exact) mass is 608 g/mol. The third-order valence-corrected chi connectivity index (χ3v) is 9.86. The molecule has 2 aromatic heterocycles. The van der Waals surface area contributed by atoms with Crippen LogP contribution in [0.1, 0.15) is 25.8 Å². The van der Waals surface area contributed by atoms with Crippen molar-refractivity contribution in [2.45, 2.75) is 37.9 Å². The first-order valence-electron chi connectivity index (χ1n) is 15.1. The summed E-state index contributed by atoms with van der Waals surface area (Å²) in [4.78, 5) is 29.8. The number of likely N-dealkylation sites (N-methyl/N-ethyl adjacent to an activating group) is 1. The van der Waals surface area contributed by atoms with Crippen LogP contribution in [0.25, 0.3) is 33.1 Å². The zero-order chi connectivity index (χ0) is 29.4. The summed E-state index contributed by atoms with van der Waals surface area (Å²) in [5, 5.41) is 4.80. The fourth-order valence-electron chi connectivity index (χ4n) is 7.43. The number of hydrogen-bond donors (Lipinski definition) is 2. The van der Waals surface area contributed by atoms with Crippen molar-refractivity contribution in [2.75, 3.05) is 69.6 Å². The molecular weight excluding hydrogens is 575 g/mol. The number of aromatic nitrogens is 3. The highest BCUT2D eigenvalue weighted by Crippen LogP contribution is 2.48. The SMILES string of the molecule is CCN1CCN(C[C@H]2COc3c(-c4ccc(F)c5nc(N)oc45)c(Cl)cc4c(N5CC6CCC(C5)N6)nc(=O)n2c34)CC1. The number of nitrogen functional groups attached to an aromatic ring is 1. The van der Waals surface area contributed by atoms with Crippen LogP contribution in [-0.2, 0) is 0 Å². The van der Waals surface area contributed by atoms with Gasteiger partial charge in [-0.05, 0) is 37.6 Å². The largest absolute Gasteiger partial charge is 0.488 e. The van der Waals surface area contributed by atoms with Crippen LogP contribution in [0.2, 0.25) is 5.02 Å². The summed E-state index contributed by atoms with van der Waals surface area (Å²) in [6, 6.07) is 5.10. The summed E-state index contributed by atoms with van der Waals surface area (Å²) in [5.41, 5.74) is 7.37. The van der Waals surface area contributed by atoms with E-state index in [2.05, 4.69) is 31.9 Å². The fraction of sp³-hybridized carbons (Fsp3) is 0.500. The third kappa shape index (κ3) is 4.45. The summed E-state index contributed by atoms with van der Waals surface area (Å²) in [6.07, 6.45) is 2.20. The molecule has 3 N–H and O–H groups in total. The van der Waals surface area contributed by atoms with Gasteiger partial charge < -0.3 is 30.0 Å². The maximum absolute atomic E-state index is 14.7. The van der Waals surface area contributed by atoms with Crippen LogP contribution in [0.4, 0.5) is 16.2 Å². The van der Waals surface area contributed by atoms with Crippen molar-refractivity contribution in [2.24, 2.45) is 0 Å². The van der Waals surface area contributed by atoms with Crippen LogP contribution in [0.5, 0.6) is 5.75 Å². The second kappa shape index (κ2) is 10.3. The van der Waals surface area contributed by atoms with Gasteiger partial charge in [0.05, 0.1) is 16.6 Å². The fourth-order valence-corrected chi connectivity index (χ4v) is 7.73. The Balaban J connectivity index is 1.31. The van der Waals surface area contributed by atoms with Crippen LogP contribution in [0.3, 0.4) is 0 Å². The zero-order valence-electron chi connectivity index (χ0n) is 24.0. The first-order chi connectivity index (χ1) is 20.9. The van der Waals surface area contributed by atoms with Crippen molar-refractivity contribution < 1.29 is 13.5 Å². The molecule has 4 aromatic rings. The van der Waals surface area contributed by atoms with E-state index in [1.807, 2.05) is 6.07 Å². The molecule has 0 aliphatic carbocycles. The van der Waals surface area contributed by atoms with Gasteiger partial charge in [-0.3, -0.25) is 9.47 Å². The van der Waals surface area contributed by atoms with Gasteiger partial charge in [-0.1, -0.05) is 18.5 Å². The van der Waals surface area contributed by atoms with E-state index in [1.54, 1.807) is 10.6 Å². The van der Waals surface area contributed by atoms with Crippen LogP contribution in [0.15, 0.2) is 27.4 Å². The minimum Gasteiger partial charge on any atom is -0.488 e. The molecule has 11 nitrogen and oxygen atoms in total. The predicted octanol–water partition coefficient (Wildman–Crippen LogP) is 3.09. The van der Waals surface area contributed by atoms with E-state index in [4.69, 9.17) is 31.5 Å². The smallest absolute Gasteiger partial charge is 0.350 e. The molecule has 0 amide bonds. The highest BCUT2D eigenvalue weighted by Gasteiger charge is 2.37. The minimum atomic E-state index is -0.550. The molecule has 3 fully saturated rings. The van der Waals surface area contributed by atoms with E-state index >= 15 is 0 Å². The Hall–Kier alpha value is -3.45. The van der Waals surface area contributed by atoms with Crippen molar-refractivity contribution in [3.8, 4) is 16.9 Å². The molecule has 0 spiro atoms. The topological polar surface area (TPSA) is 118 Å².